The molecule has 1 atom stereocenters. The van der Waals surface area contributed by atoms with E-state index in [1.54, 1.807) is 4.90 Å². The van der Waals surface area contributed by atoms with Crippen molar-refractivity contribution in [1.82, 2.24) is 10.2 Å². The quantitative estimate of drug-likeness (QED) is 0.797. The number of nitrogens with one attached hydrogen (secondary N) is 1. The summed E-state index contributed by atoms with van der Waals surface area (Å²) in [5.74, 6) is 1.65. The van der Waals surface area contributed by atoms with Crippen LogP contribution < -0.4 is 4.90 Å². The monoisotopic (exact) mass is 227 g/mol. The Balaban J connectivity index is 2.14. The van der Waals surface area contributed by atoms with Gasteiger partial charge in [-0.2, -0.15) is 5.10 Å². The lowest BCUT2D eigenvalue weighted by molar-refractivity contribution is -0.117. The molecule has 0 radical (unpaired) electrons. The van der Waals surface area contributed by atoms with Crippen molar-refractivity contribution in [1.29, 1.82) is 0 Å². The minimum Gasteiger partial charge on any atom is -0.295 e. The van der Waals surface area contributed by atoms with Gasteiger partial charge in [-0.1, -0.05) is 6.92 Å². The highest BCUT2D eigenvalue weighted by Gasteiger charge is 2.31. The maximum absolute atomic E-state index is 11.7. The lowest BCUT2D eigenvalue weighted by atomic mass is 10.1. The number of aromatic nitrogens is 2. The normalized spacial score (nSPS) is 21.3. The van der Waals surface area contributed by atoms with Crippen molar-refractivity contribution in [2.75, 3.05) is 17.3 Å². The van der Waals surface area contributed by atoms with E-state index in [0.29, 0.717) is 18.8 Å². The molecule has 1 saturated heterocycles. The molecule has 1 N–H and O–H groups in total. The van der Waals surface area contributed by atoms with Gasteiger partial charge in [0.2, 0.25) is 5.91 Å². The molecular formula is C10H14ClN3O. The highest BCUT2D eigenvalue weighted by molar-refractivity contribution is 6.18. The van der Waals surface area contributed by atoms with Crippen LogP contribution in [-0.4, -0.2) is 28.5 Å². The van der Waals surface area contributed by atoms with Crippen LogP contribution in [0.2, 0.25) is 0 Å². The van der Waals surface area contributed by atoms with E-state index >= 15 is 0 Å². The van der Waals surface area contributed by atoms with E-state index in [0.717, 1.165) is 17.9 Å². The second-order valence-corrected chi connectivity index (χ2v) is 4.14. The van der Waals surface area contributed by atoms with Crippen LogP contribution in [0.4, 0.5) is 5.82 Å². The number of amides is 1. The number of H-pyrrole nitrogens is 1. The molecule has 0 spiro atoms. The predicted octanol–water partition coefficient (Wildman–Crippen LogP) is 1.56. The zero-order valence-corrected chi connectivity index (χ0v) is 9.42. The van der Waals surface area contributed by atoms with E-state index in [1.165, 1.54) is 0 Å². The number of anilines is 1. The molecule has 0 aliphatic carbocycles. The van der Waals surface area contributed by atoms with Crippen LogP contribution in [0, 0.1) is 5.92 Å². The minimum absolute atomic E-state index is 0.120. The number of carbonyl (C=O) groups is 1. The van der Waals surface area contributed by atoms with Crippen LogP contribution in [0.25, 0.3) is 0 Å². The van der Waals surface area contributed by atoms with E-state index in [4.69, 9.17) is 11.6 Å². The van der Waals surface area contributed by atoms with Gasteiger partial charge in [0, 0.05) is 30.6 Å². The topological polar surface area (TPSA) is 49.0 Å². The van der Waals surface area contributed by atoms with Crippen molar-refractivity contribution >= 4 is 23.3 Å². The second kappa shape index (κ2) is 4.23. The molecule has 15 heavy (non-hydrogen) atoms. The predicted molar refractivity (Wildman–Crippen MR) is 59.1 cm³/mol. The zero-order chi connectivity index (χ0) is 10.8. The van der Waals surface area contributed by atoms with Gasteiger partial charge in [0.25, 0.3) is 0 Å². The summed E-state index contributed by atoms with van der Waals surface area (Å²) in [4.78, 5) is 13.4. The van der Waals surface area contributed by atoms with Gasteiger partial charge < -0.3 is 0 Å². The van der Waals surface area contributed by atoms with Gasteiger partial charge in [-0.3, -0.25) is 14.8 Å². The summed E-state index contributed by atoms with van der Waals surface area (Å²) < 4.78 is 0. The molecule has 1 aromatic heterocycles. The first-order chi connectivity index (χ1) is 7.24. The average molecular weight is 228 g/mol. The smallest absolute Gasteiger partial charge is 0.228 e. The fraction of sp³-hybridized carbons (Fsp3) is 0.600. The van der Waals surface area contributed by atoms with Crippen LogP contribution in [-0.2, 0) is 11.2 Å². The number of hydrogen-bond acceptors (Lipinski definition) is 2. The molecule has 2 rings (SSSR count). The summed E-state index contributed by atoms with van der Waals surface area (Å²) in [6.45, 7) is 2.74. The van der Waals surface area contributed by atoms with Crippen molar-refractivity contribution in [3.05, 3.63) is 11.8 Å². The standard InChI is InChI=1S/C10H14ClN3O/c1-2-8-4-9(13-12-8)14-6-7(5-11)3-10(14)15/h4,7H,2-3,5-6H2,1H3,(H,12,13). The van der Waals surface area contributed by atoms with Crippen molar-refractivity contribution in [3.63, 3.8) is 0 Å². The van der Waals surface area contributed by atoms with E-state index in [9.17, 15) is 4.79 Å². The summed E-state index contributed by atoms with van der Waals surface area (Å²) in [6, 6.07) is 1.93. The van der Waals surface area contributed by atoms with Crippen LogP contribution in [0.1, 0.15) is 19.0 Å². The number of halogens is 1. The third-order valence-corrected chi connectivity index (χ3v) is 3.13. The van der Waals surface area contributed by atoms with Gasteiger partial charge in [-0.25, -0.2) is 0 Å². The van der Waals surface area contributed by atoms with Gasteiger partial charge >= 0.3 is 0 Å². The van der Waals surface area contributed by atoms with Gasteiger partial charge in [0.05, 0.1) is 0 Å². The maximum Gasteiger partial charge on any atom is 0.228 e. The Kier molecular flexibility index (Phi) is 2.95. The number of aromatic amines is 1. The maximum atomic E-state index is 11.7. The Morgan fingerprint density at radius 3 is 3.07 bits per heavy atom. The summed E-state index contributed by atoms with van der Waals surface area (Å²) in [7, 11) is 0. The first-order valence-corrected chi connectivity index (χ1v) is 5.68. The lowest BCUT2D eigenvalue weighted by Gasteiger charge is -2.11. The fourth-order valence-electron chi connectivity index (χ4n) is 1.78. The molecule has 2 heterocycles. The molecule has 0 bridgehead atoms. The molecule has 0 aromatic carbocycles. The van der Waals surface area contributed by atoms with E-state index in [1.807, 2.05) is 13.0 Å². The number of nitrogens with zero attached hydrogens (tertiary/aromatic N) is 2. The second-order valence-electron chi connectivity index (χ2n) is 3.83. The van der Waals surface area contributed by atoms with Crippen molar-refractivity contribution in [3.8, 4) is 0 Å². The van der Waals surface area contributed by atoms with Crippen molar-refractivity contribution in [2.24, 2.45) is 5.92 Å². The third-order valence-electron chi connectivity index (χ3n) is 2.70. The number of alkyl halides is 1. The Hall–Kier alpha value is -1.03. The molecular weight excluding hydrogens is 214 g/mol. The molecule has 4 nitrogen and oxygen atoms in total. The number of aryl methyl sites for hydroxylation is 1. The number of hydrogen-bond donors (Lipinski definition) is 1. The van der Waals surface area contributed by atoms with Crippen molar-refractivity contribution < 1.29 is 4.79 Å². The SMILES string of the molecule is CCc1cc(N2CC(CCl)CC2=O)n[nH]1. The average Bonchev–Trinajstić information content (AvgIpc) is 2.83. The number of carbonyl (C=O) groups excluding carboxylic acids is 1. The first kappa shape index (κ1) is 10.5. The van der Waals surface area contributed by atoms with Crippen molar-refractivity contribution in [2.45, 2.75) is 19.8 Å². The van der Waals surface area contributed by atoms with Gasteiger partial charge in [0.1, 0.15) is 0 Å². The van der Waals surface area contributed by atoms with E-state index in [-0.39, 0.29) is 11.8 Å². The third kappa shape index (κ3) is 2.00. The van der Waals surface area contributed by atoms with Crippen LogP contribution >= 0.6 is 11.6 Å². The molecule has 1 aliphatic heterocycles. The number of rotatable bonds is 3. The molecule has 1 aliphatic rings. The molecule has 1 aromatic rings. The highest BCUT2D eigenvalue weighted by atomic mass is 35.5. The summed E-state index contributed by atoms with van der Waals surface area (Å²) in [6.07, 6.45) is 1.44. The largest absolute Gasteiger partial charge is 0.295 e. The lowest BCUT2D eigenvalue weighted by Crippen LogP contribution is -2.24. The van der Waals surface area contributed by atoms with Crippen LogP contribution in [0.5, 0.6) is 0 Å². The summed E-state index contributed by atoms with van der Waals surface area (Å²) in [5.41, 5.74) is 1.05. The molecule has 1 unspecified atom stereocenters. The van der Waals surface area contributed by atoms with Crippen LogP contribution in [0.3, 0.4) is 0 Å². The van der Waals surface area contributed by atoms with Gasteiger partial charge in [-0.05, 0) is 12.3 Å². The van der Waals surface area contributed by atoms with Crippen LogP contribution in [0.15, 0.2) is 6.07 Å². The molecule has 5 heteroatoms. The molecule has 82 valence electrons. The Morgan fingerprint density at radius 1 is 1.73 bits per heavy atom. The molecule has 1 fully saturated rings. The van der Waals surface area contributed by atoms with Gasteiger partial charge in [-0.15, -0.1) is 11.6 Å². The summed E-state index contributed by atoms with van der Waals surface area (Å²) in [5, 5.41) is 7.03. The zero-order valence-electron chi connectivity index (χ0n) is 8.66. The Morgan fingerprint density at radius 2 is 2.53 bits per heavy atom. The molecule has 1 amide bonds. The Bertz CT molecular complexity index is 363. The Labute approximate surface area is 93.6 Å². The molecule has 0 saturated carbocycles. The minimum atomic E-state index is 0.120. The highest BCUT2D eigenvalue weighted by Crippen LogP contribution is 2.24. The van der Waals surface area contributed by atoms with Gasteiger partial charge in [0.15, 0.2) is 5.82 Å². The summed E-state index contributed by atoms with van der Waals surface area (Å²) >= 11 is 5.75. The first-order valence-electron chi connectivity index (χ1n) is 5.15. The fourth-order valence-corrected chi connectivity index (χ4v) is 1.98. The van der Waals surface area contributed by atoms with E-state index < -0.39 is 0 Å². The van der Waals surface area contributed by atoms with E-state index in [2.05, 4.69) is 10.2 Å².